The first-order valence-electron chi connectivity index (χ1n) is 7.07. The topological polar surface area (TPSA) is 113 Å². The van der Waals surface area contributed by atoms with E-state index >= 15 is 0 Å². The highest BCUT2D eigenvalue weighted by Crippen LogP contribution is 2.26. The molecule has 0 aliphatic rings. The second-order valence-corrected chi connectivity index (χ2v) is 6.63. The molecule has 10 heteroatoms. The molecule has 8 nitrogen and oxygen atoms in total. The number of nitrogen functional groups attached to an aromatic ring is 1. The van der Waals surface area contributed by atoms with Crippen LogP contribution in [-0.4, -0.2) is 25.7 Å². The smallest absolute Gasteiger partial charge is 0.332 e. The lowest BCUT2D eigenvalue weighted by Crippen LogP contribution is -2.41. The normalized spacial score (nSPS) is 11.2. The van der Waals surface area contributed by atoms with Gasteiger partial charge in [-0.15, -0.1) is 0 Å². The molecule has 0 radical (unpaired) electrons. The number of thioether (sulfide) groups is 1. The van der Waals surface area contributed by atoms with Crippen molar-refractivity contribution in [3.8, 4) is 0 Å². The third kappa shape index (κ3) is 3.08. The van der Waals surface area contributed by atoms with E-state index in [2.05, 4.69) is 4.98 Å². The first-order valence-corrected chi connectivity index (χ1v) is 8.43. The van der Waals surface area contributed by atoms with Crippen molar-refractivity contribution in [2.45, 2.75) is 5.22 Å². The van der Waals surface area contributed by atoms with Crippen LogP contribution in [0.15, 0.2) is 37.4 Å². The summed E-state index contributed by atoms with van der Waals surface area (Å²) in [6.07, 6.45) is 0. The Morgan fingerprint density at radius 1 is 1.32 bits per heavy atom. The summed E-state index contributed by atoms with van der Waals surface area (Å²) in [6, 6.07) is 5.01. The molecule has 0 saturated carbocycles. The number of nitrogens with zero attached hydrogens (tertiary/aromatic N) is 3. The summed E-state index contributed by atoms with van der Waals surface area (Å²) in [4.78, 5) is 40.6. The minimum absolute atomic E-state index is 0.113. The number of ketones is 1. The first kappa shape index (κ1) is 17.3. The molecule has 0 fully saturated rings. The second-order valence-electron chi connectivity index (χ2n) is 5.27. The average Bonchev–Trinajstić information content (AvgIpc) is 2.98. The van der Waals surface area contributed by atoms with Crippen LogP contribution in [0.2, 0.25) is 5.02 Å². The molecule has 3 rings (SSSR count). The van der Waals surface area contributed by atoms with E-state index in [1.807, 2.05) is 0 Å². The fourth-order valence-electron chi connectivity index (χ4n) is 2.26. The summed E-state index contributed by atoms with van der Waals surface area (Å²) < 4.78 is 7.41. The summed E-state index contributed by atoms with van der Waals surface area (Å²) in [5.74, 6) is -0.792. The molecule has 0 bridgehead atoms. The number of fused-ring (bicyclic) bond motifs is 1. The van der Waals surface area contributed by atoms with Crippen molar-refractivity contribution in [2.24, 2.45) is 14.1 Å². The number of carbonyl (C=O) groups is 1. The molecule has 3 aromatic rings. The molecule has 0 atom stereocenters. The number of benzene rings is 1. The molecule has 1 aromatic carbocycles. The van der Waals surface area contributed by atoms with Gasteiger partial charge in [-0.3, -0.25) is 18.7 Å². The Labute approximate surface area is 150 Å². The fourth-order valence-corrected chi connectivity index (χ4v) is 3.13. The van der Waals surface area contributed by atoms with Gasteiger partial charge >= 0.3 is 5.69 Å². The number of hydrogen-bond acceptors (Lipinski definition) is 7. The predicted octanol–water partition coefficient (Wildman–Crippen LogP) is 1.44. The van der Waals surface area contributed by atoms with Crippen molar-refractivity contribution in [3.05, 3.63) is 49.6 Å². The van der Waals surface area contributed by atoms with Gasteiger partial charge in [-0.1, -0.05) is 23.4 Å². The van der Waals surface area contributed by atoms with Gasteiger partial charge in [0.05, 0.1) is 5.75 Å². The third-order valence-corrected chi connectivity index (χ3v) is 4.71. The van der Waals surface area contributed by atoms with Crippen molar-refractivity contribution in [1.82, 2.24) is 14.1 Å². The molecule has 0 saturated heterocycles. The Kier molecular flexibility index (Phi) is 4.44. The van der Waals surface area contributed by atoms with Gasteiger partial charge < -0.3 is 10.2 Å². The zero-order chi connectivity index (χ0) is 18.3. The highest BCUT2D eigenvalue weighted by molar-refractivity contribution is 7.99. The van der Waals surface area contributed by atoms with Gasteiger partial charge in [0.2, 0.25) is 0 Å². The zero-order valence-electron chi connectivity index (χ0n) is 13.3. The second kappa shape index (κ2) is 6.41. The van der Waals surface area contributed by atoms with Gasteiger partial charge in [-0.2, -0.15) is 0 Å². The summed E-state index contributed by atoms with van der Waals surface area (Å²) >= 11 is 6.91. The zero-order valence-corrected chi connectivity index (χ0v) is 14.8. The van der Waals surface area contributed by atoms with Crippen LogP contribution in [0.4, 0.5) is 5.82 Å². The molecule has 2 heterocycles. The largest absolute Gasteiger partial charge is 0.431 e. The number of oxazole rings is 1. The van der Waals surface area contributed by atoms with Crippen molar-refractivity contribution < 1.29 is 9.21 Å². The van der Waals surface area contributed by atoms with E-state index in [1.54, 1.807) is 18.2 Å². The van der Waals surface area contributed by atoms with Gasteiger partial charge in [-0.05, 0) is 12.1 Å². The van der Waals surface area contributed by atoms with Crippen LogP contribution in [0.25, 0.3) is 11.1 Å². The first-order chi connectivity index (χ1) is 11.8. The number of aromatic nitrogens is 3. The van der Waals surface area contributed by atoms with Crippen molar-refractivity contribution in [1.29, 1.82) is 0 Å². The number of hydrogen-bond donors (Lipinski definition) is 1. The fraction of sp³-hybridized carbons (Fsp3) is 0.200. The SMILES string of the molecule is Cn1c(N)c(C(=O)CSc2nc3ccc(Cl)cc3o2)c(=O)n(C)c1=O. The van der Waals surface area contributed by atoms with Crippen LogP contribution in [0.5, 0.6) is 0 Å². The molecule has 0 unspecified atom stereocenters. The quantitative estimate of drug-likeness (QED) is 0.538. The lowest BCUT2D eigenvalue weighted by molar-refractivity contribution is 0.102. The molecule has 0 aliphatic heterocycles. The van der Waals surface area contributed by atoms with E-state index in [4.69, 9.17) is 21.8 Å². The minimum Gasteiger partial charge on any atom is -0.431 e. The molecule has 0 amide bonds. The Bertz CT molecular complexity index is 1120. The Balaban J connectivity index is 1.88. The Hall–Kier alpha value is -2.52. The minimum atomic E-state index is -0.726. The van der Waals surface area contributed by atoms with Crippen LogP contribution < -0.4 is 17.0 Å². The van der Waals surface area contributed by atoms with Crippen molar-refractivity contribution >= 4 is 46.1 Å². The van der Waals surface area contributed by atoms with Gasteiger partial charge in [-0.25, -0.2) is 9.78 Å². The van der Waals surface area contributed by atoms with E-state index in [1.165, 1.54) is 14.1 Å². The lowest BCUT2D eigenvalue weighted by Gasteiger charge is -2.10. The van der Waals surface area contributed by atoms with Crippen LogP contribution in [-0.2, 0) is 14.1 Å². The summed E-state index contributed by atoms with van der Waals surface area (Å²) in [7, 11) is 2.68. The van der Waals surface area contributed by atoms with Gasteiger partial charge in [0.25, 0.3) is 10.8 Å². The molecular formula is C15H13ClN4O4S. The third-order valence-electron chi connectivity index (χ3n) is 3.65. The maximum Gasteiger partial charge on any atom is 0.332 e. The van der Waals surface area contributed by atoms with Crippen LogP contribution in [0, 0.1) is 0 Å². The molecule has 0 aliphatic carbocycles. The number of halogens is 1. The maximum atomic E-state index is 12.4. The van der Waals surface area contributed by atoms with E-state index in [9.17, 15) is 14.4 Å². The number of carbonyl (C=O) groups excluding carboxylic acids is 1. The molecular weight excluding hydrogens is 368 g/mol. The maximum absolute atomic E-state index is 12.4. The average molecular weight is 381 g/mol. The molecule has 2 N–H and O–H groups in total. The summed E-state index contributed by atoms with van der Waals surface area (Å²) in [5, 5.41) is 0.781. The number of anilines is 1. The van der Waals surface area contributed by atoms with E-state index in [0.717, 1.165) is 20.9 Å². The summed E-state index contributed by atoms with van der Waals surface area (Å²) in [6.45, 7) is 0. The number of rotatable bonds is 4. The van der Waals surface area contributed by atoms with E-state index in [0.29, 0.717) is 16.1 Å². The number of nitrogens with two attached hydrogens (primary N) is 1. The van der Waals surface area contributed by atoms with Gasteiger partial charge in [0.15, 0.2) is 11.4 Å². The Morgan fingerprint density at radius 2 is 2.04 bits per heavy atom. The van der Waals surface area contributed by atoms with Crippen molar-refractivity contribution in [2.75, 3.05) is 11.5 Å². The molecule has 130 valence electrons. The predicted molar refractivity (Wildman–Crippen MR) is 95.4 cm³/mol. The Morgan fingerprint density at radius 3 is 2.76 bits per heavy atom. The van der Waals surface area contributed by atoms with Crippen LogP contribution >= 0.6 is 23.4 Å². The molecule has 25 heavy (non-hydrogen) atoms. The van der Waals surface area contributed by atoms with E-state index < -0.39 is 17.0 Å². The molecule has 0 spiro atoms. The van der Waals surface area contributed by atoms with Gasteiger partial charge in [0.1, 0.15) is 16.9 Å². The molecule has 2 aromatic heterocycles. The summed E-state index contributed by atoms with van der Waals surface area (Å²) in [5.41, 5.74) is 5.33. The highest BCUT2D eigenvalue weighted by Gasteiger charge is 2.21. The monoisotopic (exact) mass is 380 g/mol. The lowest BCUT2D eigenvalue weighted by atomic mass is 10.2. The van der Waals surface area contributed by atoms with Crippen molar-refractivity contribution in [3.63, 3.8) is 0 Å². The van der Waals surface area contributed by atoms with Crippen LogP contribution in [0.3, 0.4) is 0 Å². The van der Waals surface area contributed by atoms with E-state index in [-0.39, 0.29) is 22.4 Å². The van der Waals surface area contributed by atoms with Crippen LogP contribution in [0.1, 0.15) is 10.4 Å². The number of Topliss-reactive ketones (excluding diaryl/α,β-unsaturated/α-hetero) is 1. The highest BCUT2D eigenvalue weighted by atomic mass is 35.5. The van der Waals surface area contributed by atoms with Gasteiger partial charge in [0, 0.05) is 25.2 Å². The standard InChI is InChI=1S/C15H13ClN4O4S/c1-19-12(17)11(13(22)20(2)15(19)23)9(21)6-25-14-18-8-4-3-7(16)5-10(8)24-14/h3-5H,6,17H2,1-2H3.